The first-order chi connectivity index (χ1) is 14.7. The number of carbonyl (C=O) groups is 3. The lowest BCUT2D eigenvalue weighted by molar-refractivity contribution is -0.142. The molecule has 0 bridgehead atoms. The smallest absolute Gasteiger partial charge is 0.232 e. The SMILES string of the molecule is CC(C)C(=O)Nc1nc(CC(=O)N2CCN(C(=O)C(C)(C)c3ccccc3)CC2)cs1. The fraction of sp³-hybridized carbons (Fsp3) is 0.478. The quantitative estimate of drug-likeness (QED) is 0.746. The Bertz CT molecular complexity index is 931. The molecule has 0 aliphatic carbocycles. The maximum Gasteiger partial charge on any atom is 0.232 e. The van der Waals surface area contributed by atoms with Crippen molar-refractivity contribution in [3.63, 3.8) is 0 Å². The molecular weight excluding hydrogens is 412 g/mol. The molecule has 1 saturated heterocycles. The molecule has 3 rings (SSSR count). The van der Waals surface area contributed by atoms with Crippen molar-refractivity contribution in [1.29, 1.82) is 0 Å². The third-order valence-electron chi connectivity index (χ3n) is 5.59. The fourth-order valence-electron chi connectivity index (χ4n) is 3.49. The highest BCUT2D eigenvalue weighted by atomic mass is 32.1. The van der Waals surface area contributed by atoms with Crippen LogP contribution in [0.4, 0.5) is 5.13 Å². The van der Waals surface area contributed by atoms with Crippen LogP contribution in [0.3, 0.4) is 0 Å². The van der Waals surface area contributed by atoms with Crippen LogP contribution in [0, 0.1) is 5.92 Å². The average Bonchev–Trinajstić information content (AvgIpc) is 3.20. The molecule has 1 N–H and O–H groups in total. The van der Waals surface area contributed by atoms with Crippen molar-refractivity contribution in [1.82, 2.24) is 14.8 Å². The molecule has 2 aromatic rings. The van der Waals surface area contributed by atoms with Gasteiger partial charge in [0, 0.05) is 37.5 Å². The highest BCUT2D eigenvalue weighted by molar-refractivity contribution is 7.13. The van der Waals surface area contributed by atoms with Crippen molar-refractivity contribution in [2.24, 2.45) is 5.92 Å². The molecule has 1 aliphatic rings. The maximum atomic E-state index is 13.1. The van der Waals surface area contributed by atoms with Gasteiger partial charge in [0.05, 0.1) is 17.5 Å². The molecule has 7 nitrogen and oxygen atoms in total. The normalized spacial score (nSPS) is 14.6. The van der Waals surface area contributed by atoms with Gasteiger partial charge in [0.2, 0.25) is 17.7 Å². The van der Waals surface area contributed by atoms with Gasteiger partial charge in [-0.15, -0.1) is 11.3 Å². The van der Waals surface area contributed by atoms with E-state index in [9.17, 15) is 14.4 Å². The highest BCUT2D eigenvalue weighted by Crippen LogP contribution is 2.26. The summed E-state index contributed by atoms with van der Waals surface area (Å²) in [4.78, 5) is 45.6. The van der Waals surface area contributed by atoms with Crippen molar-refractivity contribution in [3.8, 4) is 0 Å². The monoisotopic (exact) mass is 442 g/mol. The number of thiazole rings is 1. The Morgan fingerprint density at radius 3 is 2.29 bits per heavy atom. The zero-order valence-corrected chi connectivity index (χ0v) is 19.4. The second kappa shape index (κ2) is 9.60. The van der Waals surface area contributed by atoms with Crippen molar-refractivity contribution in [2.45, 2.75) is 39.5 Å². The zero-order chi connectivity index (χ0) is 22.6. The summed E-state index contributed by atoms with van der Waals surface area (Å²) >= 11 is 1.32. The second-order valence-electron chi connectivity index (χ2n) is 8.63. The zero-order valence-electron chi connectivity index (χ0n) is 18.6. The minimum atomic E-state index is -0.606. The first-order valence-corrected chi connectivity index (χ1v) is 11.4. The van der Waals surface area contributed by atoms with Crippen LogP contribution >= 0.6 is 11.3 Å². The van der Waals surface area contributed by atoms with E-state index in [0.717, 1.165) is 5.56 Å². The van der Waals surface area contributed by atoms with E-state index in [0.29, 0.717) is 37.0 Å². The van der Waals surface area contributed by atoms with E-state index in [1.807, 2.05) is 62.9 Å². The third-order valence-corrected chi connectivity index (χ3v) is 6.39. The minimum Gasteiger partial charge on any atom is -0.339 e. The van der Waals surface area contributed by atoms with Gasteiger partial charge in [-0.1, -0.05) is 44.2 Å². The average molecular weight is 443 g/mol. The number of nitrogens with one attached hydrogen (secondary N) is 1. The van der Waals surface area contributed by atoms with E-state index in [2.05, 4.69) is 10.3 Å². The Hall–Kier alpha value is -2.74. The van der Waals surface area contributed by atoms with Crippen LogP contribution in [-0.4, -0.2) is 58.7 Å². The van der Waals surface area contributed by atoms with Crippen molar-refractivity contribution >= 4 is 34.2 Å². The summed E-state index contributed by atoms with van der Waals surface area (Å²) in [5.41, 5.74) is 1.03. The number of amides is 3. The summed E-state index contributed by atoms with van der Waals surface area (Å²) in [7, 11) is 0. The number of piperazine rings is 1. The van der Waals surface area contributed by atoms with Crippen LogP contribution in [0.5, 0.6) is 0 Å². The van der Waals surface area contributed by atoms with Crippen LogP contribution in [0.15, 0.2) is 35.7 Å². The Labute approximate surface area is 187 Å². The molecule has 8 heteroatoms. The topological polar surface area (TPSA) is 82.6 Å². The number of hydrogen-bond donors (Lipinski definition) is 1. The largest absolute Gasteiger partial charge is 0.339 e. The van der Waals surface area contributed by atoms with Crippen LogP contribution in [0.1, 0.15) is 39.0 Å². The lowest BCUT2D eigenvalue weighted by Gasteiger charge is -2.38. The van der Waals surface area contributed by atoms with Crippen molar-refractivity contribution < 1.29 is 14.4 Å². The molecule has 1 aromatic heterocycles. The summed E-state index contributed by atoms with van der Waals surface area (Å²) in [6.45, 7) is 9.59. The van der Waals surface area contributed by atoms with E-state index in [1.165, 1.54) is 11.3 Å². The molecule has 2 heterocycles. The number of benzene rings is 1. The first kappa shape index (κ1) is 22.9. The van der Waals surface area contributed by atoms with E-state index < -0.39 is 5.41 Å². The summed E-state index contributed by atoms with van der Waals surface area (Å²) in [6.07, 6.45) is 0.192. The first-order valence-electron chi connectivity index (χ1n) is 10.6. The lowest BCUT2D eigenvalue weighted by Crippen LogP contribution is -2.54. The van der Waals surface area contributed by atoms with Crippen LogP contribution in [0.25, 0.3) is 0 Å². The van der Waals surface area contributed by atoms with Gasteiger partial charge in [0.25, 0.3) is 0 Å². The summed E-state index contributed by atoms with van der Waals surface area (Å²) < 4.78 is 0. The Kier molecular flexibility index (Phi) is 7.10. The van der Waals surface area contributed by atoms with Crippen molar-refractivity contribution in [3.05, 3.63) is 47.0 Å². The van der Waals surface area contributed by atoms with E-state index in [4.69, 9.17) is 0 Å². The van der Waals surface area contributed by atoms with Gasteiger partial charge >= 0.3 is 0 Å². The van der Waals surface area contributed by atoms with Gasteiger partial charge < -0.3 is 15.1 Å². The van der Waals surface area contributed by atoms with Crippen LogP contribution < -0.4 is 5.32 Å². The van der Waals surface area contributed by atoms with Crippen LogP contribution in [-0.2, 0) is 26.2 Å². The molecule has 1 aromatic carbocycles. The van der Waals surface area contributed by atoms with E-state index >= 15 is 0 Å². The Morgan fingerprint density at radius 2 is 1.68 bits per heavy atom. The van der Waals surface area contributed by atoms with E-state index in [1.54, 1.807) is 10.3 Å². The van der Waals surface area contributed by atoms with Crippen molar-refractivity contribution in [2.75, 3.05) is 31.5 Å². The highest BCUT2D eigenvalue weighted by Gasteiger charge is 2.35. The van der Waals surface area contributed by atoms with E-state index in [-0.39, 0.29) is 30.1 Å². The summed E-state index contributed by atoms with van der Waals surface area (Å²) in [6, 6.07) is 9.78. The minimum absolute atomic E-state index is 0.0125. The second-order valence-corrected chi connectivity index (χ2v) is 9.49. The van der Waals surface area contributed by atoms with Gasteiger partial charge in [-0.05, 0) is 19.4 Å². The number of rotatable bonds is 6. The predicted octanol–water partition coefficient (Wildman–Crippen LogP) is 2.93. The van der Waals surface area contributed by atoms with Gasteiger partial charge in [-0.25, -0.2) is 4.98 Å². The van der Waals surface area contributed by atoms with Gasteiger partial charge in [-0.2, -0.15) is 0 Å². The van der Waals surface area contributed by atoms with Gasteiger partial charge in [-0.3, -0.25) is 14.4 Å². The fourth-order valence-corrected chi connectivity index (χ4v) is 4.21. The summed E-state index contributed by atoms with van der Waals surface area (Å²) in [5.74, 6) is -0.149. The maximum absolute atomic E-state index is 13.1. The molecule has 0 unspecified atom stereocenters. The molecule has 31 heavy (non-hydrogen) atoms. The predicted molar refractivity (Wildman–Crippen MR) is 122 cm³/mol. The summed E-state index contributed by atoms with van der Waals surface area (Å²) in [5, 5.41) is 5.08. The lowest BCUT2D eigenvalue weighted by atomic mass is 9.83. The number of nitrogens with zero attached hydrogens (tertiary/aromatic N) is 3. The number of anilines is 1. The molecule has 3 amide bonds. The molecule has 0 atom stereocenters. The molecule has 1 fully saturated rings. The molecule has 1 aliphatic heterocycles. The molecule has 0 saturated carbocycles. The third kappa shape index (κ3) is 5.50. The Morgan fingerprint density at radius 1 is 1.06 bits per heavy atom. The number of aromatic nitrogens is 1. The van der Waals surface area contributed by atoms with Crippen LogP contribution in [0.2, 0.25) is 0 Å². The standard InChI is InChI=1S/C23H30N4O3S/c1-16(2)20(29)25-22-24-18(15-31-22)14-19(28)26-10-12-27(13-11-26)21(30)23(3,4)17-8-6-5-7-9-17/h5-9,15-16H,10-14H2,1-4H3,(H,24,25,29). The number of carbonyl (C=O) groups excluding carboxylic acids is 3. The molecule has 0 spiro atoms. The van der Waals surface area contributed by atoms with Gasteiger partial charge in [0.15, 0.2) is 5.13 Å². The molecular formula is C23H30N4O3S. The number of hydrogen-bond acceptors (Lipinski definition) is 5. The Balaban J connectivity index is 1.53. The molecule has 166 valence electrons. The molecule has 0 radical (unpaired) electrons. The van der Waals surface area contributed by atoms with Gasteiger partial charge in [0.1, 0.15) is 0 Å².